The second kappa shape index (κ2) is 5.05. The van der Waals surface area contributed by atoms with Crippen LogP contribution in [0.3, 0.4) is 0 Å². The van der Waals surface area contributed by atoms with E-state index < -0.39 is 0 Å². The molecule has 0 aromatic carbocycles. The van der Waals surface area contributed by atoms with Gasteiger partial charge in [-0.3, -0.25) is 0 Å². The van der Waals surface area contributed by atoms with Crippen molar-refractivity contribution < 1.29 is 4.52 Å². The van der Waals surface area contributed by atoms with Crippen LogP contribution in [0.5, 0.6) is 0 Å². The van der Waals surface area contributed by atoms with Gasteiger partial charge in [-0.1, -0.05) is 28.4 Å². The molecule has 3 aromatic rings. The van der Waals surface area contributed by atoms with Gasteiger partial charge in [0.1, 0.15) is 10.6 Å². The lowest BCUT2D eigenvalue weighted by molar-refractivity contribution is 0.433. The quantitative estimate of drug-likeness (QED) is 0.768. The molecule has 2 N–H and O–H groups in total. The average molecular weight is 327 g/mol. The van der Waals surface area contributed by atoms with Gasteiger partial charge < -0.3 is 10.3 Å². The highest BCUT2D eigenvalue weighted by atomic mass is 35.5. The molecule has 0 aliphatic rings. The molecule has 0 spiro atoms. The van der Waals surface area contributed by atoms with Crippen molar-refractivity contribution in [1.82, 2.24) is 15.1 Å². The van der Waals surface area contributed by atoms with Crippen LogP contribution in [0.15, 0.2) is 22.2 Å². The third-order valence-corrected chi connectivity index (χ3v) is 4.26. The summed E-state index contributed by atoms with van der Waals surface area (Å²) in [6.07, 6.45) is 1.47. The molecule has 3 heterocycles. The third-order valence-electron chi connectivity index (χ3n) is 2.66. The molecule has 0 aliphatic heterocycles. The SMILES string of the molecule is Cc1csc(-c2nc(-c3ncc(Cl)cc3Cl)no2)c1N. The number of hydrogen-bond acceptors (Lipinski definition) is 6. The van der Waals surface area contributed by atoms with Gasteiger partial charge in [-0.05, 0) is 23.9 Å². The molecule has 0 amide bonds. The van der Waals surface area contributed by atoms with E-state index in [-0.39, 0.29) is 0 Å². The Labute approximate surface area is 128 Å². The van der Waals surface area contributed by atoms with Gasteiger partial charge in [-0.2, -0.15) is 4.98 Å². The number of nitrogen functional groups attached to an aromatic ring is 1. The molecule has 0 saturated heterocycles. The van der Waals surface area contributed by atoms with Crippen molar-refractivity contribution in [2.24, 2.45) is 0 Å². The van der Waals surface area contributed by atoms with Gasteiger partial charge in [-0.25, -0.2) is 4.98 Å². The van der Waals surface area contributed by atoms with Gasteiger partial charge in [0.25, 0.3) is 5.89 Å². The van der Waals surface area contributed by atoms with Crippen molar-refractivity contribution in [2.75, 3.05) is 5.73 Å². The number of nitrogens with two attached hydrogens (primary N) is 1. The van der Waals surface area contributed by atoms with Crippen molar-refractivity contribution in [3.8, 4) is 22.3 Å². The summed E-state index contributed by atoms with van der Waals surface area (Å²) in [4.78, 5) is 9.13. The van der Waals surface area contributed by atoms with Crippen LogP contribution in [0, 0.1) is 6.92 Å². The van der Waals surface area contributed by atoms with E-state index in [9.17, 15) is 0 Å². The number of nitrogens with zero attached hydrogens (tertiary/aromatic N) is 3. The Morgan fingerprint density at radius 1 is 1.35 bits per heavy atom. The molecule has 102 valence electrons. The Bertz CT molecular complexity index is 784. The Kier molecular flexibility index (Phi) is 3.37. The number of pyridine rings is 1. The van der Waals surface area contributed by atoms with E-state index in [0.717, 1.165) is 10.4 Å². The number of anilines is 1. The monoisotopic (exact) mass is 326 g/mol. The Morgan fingerprint density at radius 2 is 2.15 bits per heavy atom. The van der Waals surface area contributed by atoms with Crippen LogP contribution >= 0.6 is 34.5 Å². The minimum atomic E-state index is 0.298. The fraction of sp³-hybridized carbons (Fsp3) is 0.0833. The van der Waals surface area contributed by atoms with E-state index in [0.29, 0.717) is 33.1 Å². The van der Waals surface area contributed by atoms with Crippen molar-refractivity contribution in [3.05, 3.63) is 33.3 Å². The van der Waals surface area contributed by atoms with Crippen molar-refractivity contribution in [3.63, 3.8) is 0 Å². The molecule has 0 radical (unpaired) electrons. The summed E-state index contributed by atoms with van der Waals surface area (Å²) < 4.78 is 5.22. The predicted molar refractivity (Wildman–Crippen MR) is 80.0 cm³/mol. The van der Waals surface area contributed by atoms with Crippen molar-refractivity contribution in [2.45, 2.75) is 6.92 Å². The van der Waals surface area contributed by atoms with Gasteiger partial charge >= 0.3 is 0 Å². The number of aryl methyl sites for hydroxylation is 1. The van der Waals surface area contributed by atoms with Gasteiger partial charge in [0.2, 0.25) is 5.82 Å². The topological polar surface area (TPSA) is 77.8 Å². The normalized spacial score (nSPS) is 10.9. The van der Waals surface area contributed by atoms with Crippen LogP contribution in [0.1, 0.15) is 5.56 Å². The summed E-state index contributed by atoms with van der Waals surface area (Å²) >= 11 is 13.3. The molecule has 0 bridgehead atoms. The summed E-state index contributed by atoms with van der Waals surface area (Å²) in [7, 11) is 0. The Morgan fingerprint density at radius 3 is 2.80 bits per heavy atom. The third kappa shape index (κ3) is 2.26. The largest absolute Gasteiger partial charge is 0.397 e. The lowest BCUT2D eigenvalue weighted by Crippen LogP contribution is -1.89. The van der Waals surface area contributed by atoms with E-state index in [1.807, 2.05) is 12.3 Å². The van der Waals surface area contributed by atoms with Crippen LogP contribution in [-0.2, 0) is 0 Å². The smallest absolute Gasteiger partial charge is 0.270 e. The Hall–Kier alpha value is -1.63. The van der Waals surface area contributed by atoms with E-state index >= 15 is 0 Å². The second-order valence-electron chi connectivity index (χ2n) is 4.07. The van der Waals surface area contributed by atoms with Gasteiger partial charge in [0.05, 0.1) is 15.7 Å². The Balaban J connectivity index is 2.04. The highest BCUT2D eigenvalue weighted by molar-refractivity contribution is 7.14. The molecule has 0 aliphatic carbocycles. The minimum Gasteiger partial charge on any atom is -0.397 e. The van der Waals surface area contributed by atoms with E-state index in [2.05, 4.69) is 15.1 Å². The number of aromatic nitrogens is 3. The summed E-state index contributed by atoms with van der Waals surface area (Å²) in [6.45, 7) is 1.92. The van der Waals surface area contributed by atoms with Crippen LogP contribution in [0.2, 0.25) is 10.0 Å². The van der Waals surface area contributed by atoms with Crippen LogP contribution < -0.4 is 5.73 Å². The molecule has 3 rings (SSSR count). The zero-order valence-corrected chi connectivity index (χ0v) is 12.6. The first-order chi connectivity index (χ1) is 9.56. The summed E-state index contributed by atoms with van der Waals surface area (Å²) in [6, 6.07) is 1.57. The van der Waals surface area contributed by atoms with Gasteiger partial charge in [0, 0.05) is 6.20 Å². The molecule has 20 heavy (non-hydrogen) atoms. The highest BCUT2D eigenvalue weighted by Gasteiger charge is 2.18. The number of thiophene rings is 1. The molecular weight excluding hydrogens is 319 g/mol. The van der Waals surface area contributed by atoms with Crippen LogP contribution in [-0.4, -0.2) is 15.1 Å². The lowest BCUT2D eigenvalue weighted by Gasteiger charge is -1.97. The first-order valence-corrected chi connectivity index (χ1v) is 7.19. The standard InChI is InChI=1S/C12H8Cl2N4OS/c1-5-4-20-10(8(5)15)12-17-11(18-19-12)9-7(14)2-6(13)3-16-9/h2-4H,15H2,1H3. The molecule has 0 unspecified atom stereocenters. The highest BCUT2D eigenvalue weighted by Crippen LogP contribution is 2.35. The molecule has 8 heteroatoms. The molecule has 0 atom stereocenters. The van der Waals surface area contributed by atoms with Crippen LogP contribution in [0.4, 0.5) is 5.69 Å². The predicted octanol–water partition coefficient (Wildman–Crippen LogP) is 4.06. The second-order valence-corrected chi connectivity index (χ2v) is 5.79. The maximum Gasteiger partial charge on any atom is 0.270 e. The van der Waals surface area contributed by atoms with Crippen LogP contribution in [0.25, 0.3) is 22.3 Å². The summed E-state index contributed by atoms with van der Waals surface area (Å²) in [5.41, 5.74) is 7.99. The van der Waals surface area contributed by atoms with E-state index in [1.165, 1.54) is 17.5 Å². The fourth-order valence-corrected chi connectivity index (χ4v) is 2.97. The molecule has 3 aromatic heterocycles. The lowest BCUT2D eigenvalue weighted by atomic mass is 10.3. The zero-order valence-electron chi connectivity index (χ0n) is 10.2. The summed E-state index contributed by atoms with van der Waals surface area (Å²) in [5, 5.41) is 6.62. The first-order valence-electron chi connectivity index (χ1n) is 5.55. The molecule has 5 nitrogen and oxygen atoms in total. The number of hydrogen-bond donors (Lipinski definition) is 1. The van der Waals surface area contributed by atoms with Crippen molar-refractivity contribution in [1.29, 1.82) is 0 Å². The number of halogens is 2. The van der Waals surface area contributed by atoms with Gasteiger partial charge in [-0.15, -0.1) is 11.3 Å². The maximum atomic E-state index is 6.06. The van der Waals surface area contributed by atoms with E-state index in [4.69, 9.17) is 33.5 Å². The van der Waals surface area contributed by atoms with Crippen molar-refractivity contribution >= 4 is 40.2 Å². The molecule has 0 saturated carbocycles. The summed E-state index contributed by atoms with van der Waals surface area (Å²) in [5.74, 6) is 0.649. The fourth-order valence-electron chi connectivity index (χ4n) is 1.61. The maximum absolute atomic E-state index is 6.06. The molecular formula is C12H8Cl2N4OS. The number of rotatable bonds is 2. The molecule has 0 fully saturated rings. The van der Waals surface area contributed by atoms with Gasteiger partial charge in [0.15, 0.2) is 0 Å². The average Bonchev–Trinajstić information content (AvgIpc) is 2.98. The first kappa shape index (κ1) is 13.4. The minimum absolute atomic E-state index is 0.298. The van der Waals surface area contributed by atoms with E-state index in [1.54, 1.807) is 6.07 Å². The zero-order chi connectivity index (χ0) is 14.3.